The van der Waals surface area contributed by atoms with Gasteiger partial charge in [0.25, 0.3) is 0 Å². The monoisotopic (exact) mass is 385 g/mol. The van der Waals surface area contributed by atoms with E-state index in [0.29, 0.717) is 0 Å². The van der Waals surface area contributed by atoms with Gasteiger partial charge in [0.2, 0.25) is 0 Å². The van der Waals surface area contributed by atoms with E-state index in [2.05, 4.69) is 8.37 Å². The van der Waals surface area contributed by atoms with Crippen molar-refractivity contribution in [3.63, 3.8) is 0 Å². The smallest absolute Gasteiger partial charge is 0.273 e. The van der Waals surface area contributed by atoms with E-state index in [1.807, 2.05) is 0 Å². The molecule has 1 saturated carbocycles. The van der Waals surface area contributed by atoms with Crippen LogP contribution in [0.4, 0.5) is 0 Å². The Morgan fingerprint density at radius 3 is 2.00 bits per heavy atom. The van der Waals surface area contributed by atoms with E-state index in [0.717, 1.165) is 0 Å². The van der Waals surface area contributed by atoms with Gasteiger partial charge in [0, 0.05) is 0 Å². The molecule has 1 aliphatic rings. The van der Waals surface area contributed by atoms with Crippen LogP contribution < -0.4 is 4.72 Å². The molecule has 0 amide bonds. The molecule has 1 rings (SSSR count). The first-order valence-electron chi connectivity index (χ1n) is 5.77. The molecular formula is C7H15NO11S3. The Labute approximate surface area is 127 Å². The van der Waals surface area contributed by atoms with Crippen LogP contribution in [0.5, 0.6) is 0 Å². The van der Waals surface area contributed by atoms with Gasteiger partial charge in [-0.05, 0) is 25.2 Å². The highest BCUT2D eigenvalue weighted by molar-refractivity contribution is 7.83. The average Bonchev–Trinajstić information content (AvgIpc) is 2.24. The van der Waals surface area contributed by atoms with Gasteiger partial charge in [-0.25, -0.2) is 8.37 Å². The second-order valence-electron chi connectivity index (χ2n) is 4.65. The van der Waals surface area contributed by atoms with Crippen LogP contribution in [0.25, 0.3) is 0 Å². The molecule has 0 aromatic carbocycles. The van der Waals surface area contributed by atoms with Crippen molar-refractivity contribution in [2.75, 3.05) is 6.61 Å². The molecule has 3 atom stereocenters. The van der Waals surface area contributed by atoms with E-state index < -0.39 is 55.8 Å². The zero-order chi connectivity index (χ0) is 17.2. The maximum Gasteiger partial charge on any atom is 0.397 e. The summed E-state index contributed by atoms with van der Waals surface area (Å²) in [6.45, 7) is -0.483. The van der Waals surface area contributed by atoms with Gasteiger partial charge in [-0.2, -0.15) is 30.0 Å². The predicted octanol–water partition coefficient (Wildman–Crippen LogP) is -1.45. The molecule has 0 saturated heterocycles. The van der Waals surface area contributed by atoms with E-state index in [1.165, 1.54) is 0 Å². The van der Waals surface area contributed by atoms with E-state index in [4.69, 9.17) is 13.7 Å². The van der Waals surface area contributed by atoms with Crippen molar-refractivity contribution in [1.82, 2.24) is 4.72 Å². The van der Waals surface area contributed by atoms with Gasteiger partial charge in [-0.15, -0.1) is 0 Å². The van der Waals surface area contributed by atoms with Crippen LogP contribution in [0, 0.1) is 5.92 Å². The summed E-state index contributed by atoms with van der Waals surface area (Å²) >= 11 is 0. The molecule has 4 N–H and O–H groups in total. The van der Waals surface area contributed by atoms with Crippen LogP contribution in [-0.2, 0) is 39.5 Å². The zero-order valence-corrected chi connectivity index (χ0v) is 13.3. The van der Waals surface area contributed by atoms with Crippen LogP contribution in [-0.4, -0.2) is 57.7 Å². The molecule has 0 bridgehead atoms. The Bertz CT molecular complexity index is 681. The third-order valence-corrected chi connectivity index (χ3v) is 4.42. The average molecular weight is 385 g/mol. The highest BCUT2D eigenvalue weighted by Crippen LogP contribution is 2.28. The van der Waals surface area contributed by atoms with E-state index in [-0.39, 0.29) is 19.3 Å². The SMILES string of the molecule is O=S(=O)(O)NC1CCC(COS(=O)(=O)O)C[C@H]1OS(=O)(=O)O. The van der Waals surface area contributed by atoms with Gasteiger partial charge in [0.05, 0.1) is 18.8 Å². The Kier molecular flexibility index (Phi) is 6.27. The molecule has 12 nitrogen and oxygen atoms in total. The van der Waals surface area contributed by atoms with Crippen LogP contribution in [0.15, 0.2) is 0 Å². The Morgan fingerprint density at radius 1 is 0.955 bits per heavy atom. The lowest BCUT2D eigenvalue weighted by molar-refractivity contribution is 0.0692. The molecular weight excluding hydrogens is 370 g/mol. The Hall–Kier alpha value is -0.390. The highest BCUT2D eigenvalue weighted by atomic mass is 32.3. The molecule has 2 unspecified atom stereocenters. The van der Waals surface area contributed by atoms with Crippen molar-refractivity contribution in [1.29, 1.82) is 0 Å². The second kappa shape index (κ2) is 7.02. The van der Waals surface area contributed by atoms with Crippen molar-refractivity contribution in [3.8, 4) is 0 Å². The quantitative estimate of drug-likeness (QED) is 0.375. The minimum atomic E-state index is -4.90. The maximum atomic E-state index is 10.8. The summed E-state index contributed by atoms with van der Waals surface area (Å²) in [6.07, 6.45) is -1.43. The van der Waals surface area contributed by atoms with Gasteiger partial charge < -0.3 is 0 Å². The van der Waals surface area contributed by atoms with Gasteiger partial charge in [0.15, 0.2) is 0 Å². The molecule has 15 heteroatoms. The first-order valence-corrected chi connectivity index (χ1v) is 9.94. The van der Waals surface area contributed by atoms with Crippen molar-refractivity contribution in [2.45, 2.75) is 31.4 Å². The highest BCUT2D eigenvalue weighted by Gasteiger charge is 2.36. The summed E-state index contributed by atoms with van der Waals surface area (Å²) < 4.78 is 100. The molecule has 132 valence electrons. The molecule has 22 heavy (non-hydrogen) atoms. The summed E-state index contributed by atoms with van der Waals surface area (Å²) in [4.78, 5) is 0. The topological polar surface area (TPSA) is 194 Å². The largest absolute Gasteiger partial charge is 0.397 e. The minimum absolute atomic E-state index is 0.0283. The third kappa shape index (κ3) is 8.30. The van der Waals surface area contributed by atoms with Crippen LogP contribution in [0.3, 0.4) is 0 Å². The molecule has 0 spiro atoms. The fraction of sp³-hybridized carbons (Fsp3) is 1.00. The first kappa shape index (κ1) is 19.7. The molecule has 0 aromatic heterocycles. The van der Waals surface area contributed by atoms with Gasteiger partial charge in [-0.3, -0.25) is 13.7 Å². The molecule has 0 radical (unpaired) electrons. The van der Waals surface area contributed by atoms with Crippen molar-refractivity contribution in [3.05, 3.63) is 0 Å². The summed E-state index contributed by atoms with van der Waals surface area (Å²) in [5.41, 5.74) is 0. The van der Waals surface area contributed by atoms with Gasteiger partial charge >= 0.3 is 31.1 Å². The lowest BCUT2D eigenvalue weighted by Crippen LogP contribution is -2.49. The molecule has 0 aliphatic heterocycles. The predicted molar refractivity (Wildman–Crippen MR) is 69.7 cm³/mol. The Balaban J connectivity index is 2.79. The number of hydrogen-bond donors (Lipinski definition) is 4. The maximum absolute atomic E-state index is 10.8. The normalized spacial score (nSPS) is 27.7. The zero-order valence-electron chi connectivity index (χ0n) is 10.9. The summed E-state index contributed by atoms with van der Waals surface area (Å²) in [7, 11) is -14.2. The molecule has 0 aromatic rings. The third-order valence-electron chi connectivity index (χ3n) is 2.90. The summed E-state index contributed by atoms with van der Waals surface area (Å²) in [5, 5.41) is 0. The summed E-state index contributed by atoms with van der Waals surface area (Å²) in [5.74, 6) is -0.590. The first-order chi connectivity index (χ1) is 9.75. The van der Waals surface area contributed by atoms with E-state index in [1.54, 1.807) is 4.72 Å². The molecule has 1 fully saturated rings. The fourth-order valence-corrected chi connectivity index (χ4v) is 3.68. The lowest BCUT2D eigenvalue weighted by atomic mass is 9.85. The Morgan fingerprint density at radius 2 is 1.55 bits per heavy atom. The fourth-order valence-electron chi connectivity index (χ4n) is 2.13. The minimum Gasteiger partial charge on any atom is -0.273 e. The molecule has 1 aliphatic carbocycles. The van der Waals surface area contributed by atoms with E-state index in [9.17, 15) is 25.3 Å². The van der Waals surface area contributed by atoms with Crippen molar-refractivity contribution in [2.24, 2.45) is 5.92 Å². The van der Waals surface area contributed by atoms with Crippen molar-refractivity contribution >= 4 is 31.1 Å². The van der Waals surface area contributed by atoms with Crippen LogP contribution in [0.2, 0.25) is 0 Å². The van der Waals surface area contributed by atoms with Gasteiger partial charge in [-0.1, -0.05) is 0 Å². The van der Waals surface area contributed by atoms with Crippen LogP contribution in [0.1, 0.15) is 19.3 Å². The standard InChI is InChI=1S/C7H15NO11S3/c9-20(10,11)8-6-2-1-5(4-18-21(12,13)14)3-7(6)19-22(15,16)17/h5-8H,1-4H2,(H,9,10,11)(H,12,13,14)(H,15,16,17)/t5?,6?,7-/m1/s1. The second-order valence-corrected chi connectivity index (χ2v) is 7.98. The van der Waals surface area contributed by atoms with Crippen LogP contribution >= 0.6 is 0 Å². The molecule has 0 heterocycles. The number of nitrogens with one attached hydrogen (secondary N) is 1. The van der Waals surface area contributed by atoms with E-state index >= 15 is 0 Å². The van der Waals surface area contributed by atoms with Crippen molar-refractivity contribution < 1.29 is 47.3 Å². The van der Waals surface area contributed by atoms with Gasteiger partial charge in [0.1, 0.15) is 0 Å². The number of hydrogen-bond acceptors (Lipinski definition) is 8. The number of rotatable bonds is 7. The summed E-state index contributed by atoms with van der Waals surface area (Å²) in [6, 6.07) is -1.15. The lowest BCUT2D eigenvalue weighted by Gasteiger charge is -2.34.